The fourth-order valence-corrected chi connectivity index (χ4v) is 2.64. The lowest BCUT2D eigenvalue weighted by Gasteiger charge is -2.46. The van der Waals surface area contributed by atoms with Gasteiger partial charge in [-0.05, 0) is 24.6 Å². The minimum absolute atomic E-state index is 0.473. The number of hydrogen-bond donors (Lipinski definition) is 1. The zero-order chi connectivity index (χ0) is 12.5. The Bertz CT molecular complexity index is 402. The van der Waals surface area contributed by atoms with Crippen molar-refractivity contribution >= 4 is 15.9 Å². The van der Waals surface area contributed by atoms with Crippen LogP contribution in [0.25, 0.3) is 0 Å². The van der Waals surface area contributed by atoms with Gasteiger partial charge in [0.25, 0.3) is 0 Å². The summed E-state index contributed by atoms with van der Waals surface area (Å²) >= 11 is 3.47. The number of β-amino-alcohol motifs (C(OH)–C–C–N with tert-alkyl or cyclic N) is 1. The number of rotatable bonds is 4. The van der Waals surface area contributed by atoms with Crippen molar-refractivity contribution in [2.75, 3.05) is 20.2 Å². The third-order valence-electron chi connectivity index (χ3n) is 3.33. The van der Waals surface area contributed by atoms with Crippen LogP contribution in [0.2, 0.25) is 0 Å². The first-order chi connectivity index (χ1) is 8.06. The number of nitrogens with zero attached hydrogens (tertiary/aromatic N) is 1. The lowest BCUT2D eigenvalue weighted by Crippen LogP contribution is -2.60. The van der Waals surface area contributed by atoms with Crippen LogP contribution in [0.4, 0.5) is 0 Å². The number of methoxy groups -OCH3 is 1. The third kappa shape index (κ3) is 2.81. The van der Waals surface area contributed by atoms with E-state index in [2.05, 4.69) is 26.9 Å². The van der Waals surface area contributed by atoms with E-state index in [4.69, 9.17) is 4.74 Å². The van der Waals surface area contributed by atoms with Gasteiger partial charge >= 0.3 is 0 Å². The topological polar surface area (TPSA) is 32.7 Å². The molecule has 1 aromatic carbocycles. The van der Waals surface area contributed by atoms with Crippen molar-refractivity contribution in [2.45, 2.75) is 25.5 Å². The molecule has 0 radical (unpaired) electrons. The van der Waals surface area contributed by atoms with Gasteiger partial charge in [0, 0.05) is 29.7 Å². The summed E-state index contributed by atoms with van der Waals surface area (Å²) in [4.78, 5) is 2.23. The summed E-state index contributed by atoms with van der Waals surface area (Å²) in [5.74, 6) is 0.903. The third-order valence-corrected chi connectivity index (χ3v) is 3.82. The number of likely N-dealkylation sites (tertiary alicyclic amines) is 1. The number of halogens is 1. The molecule has 1 saturated heterocycles. The van der Waals surface area contributed by atoms with Crippen LogP contribution in [-0.2, 0) is 6.54 Å². The quantitative estimate of drug-likeness (QED) is 0.927. The zero-order valence-corrected chi connectivity index (χ0v) is 11.8. The summed E-state index contributed by atoms with van der Waals surface area (Å²) in [5, 5.41) is 9.97. The van der Waals surface area contributed by atoms with Crippen molar-refractivity contribution < 1.29 is 9.84 Å². The largest absolute Gasteiger partial charge is 0.496 e. The van der Waals surface area contributed by atoms with Gasteiger partial charge < -0.3 is 9.84 Å². The molecule has 1 aromatic rings. The first-order valence-corrected chi connectivity index (χ1v) is 6.63. The molecule has 0 aliphatic carbocycles. The van der Waals surface area contributed by atoms with E-state index in [1.54, 1.807) is 7.11 Å². The first-order valence-electron chi connectivity index (χ1n) is 5.83. The van der Waals surface area contributed by atoms with Gasteiger partial charge in [0.05, 0.1) is 12.7 Å². The molecule has 1 aliphatic heterocycles. The molecule has 0 spiro atoms. The second-order valence-electron chi connectivity index (χ2n) is 4.68. The molecule has 0 bridgehead atoms. The van der Waals surface area contributed by atoms with Crippen LogP contribution in [0.15, 0.2) is 22.7 Å². The Balaban J connectivity index is 2.02. The van der Waals surface area contributed by atoms with Crippen LogP contribution >= 0.6 is 15.9 Å². The molecular formula is C13H18BrNO2. The van der Waals surface area contributed by atoms with Crippen LogP contribution < -0.4 is 4.74 Å². The van der Waals surface area contributed by atoms with Crippen LogP contribution in [0, 0.1) is 0 Å². The molecule has 0 aromatic heterocycles. The van der Waals surface area contributed by atoms with Gasteiger partial charge in [-0.2, -0.15) is 0 Å². The van der Waals surface area contributed by atoms with Gasteiger partial charge in [-0.15, -0.1) is 0 Å². The lowest BCUT2D eigenvalue weighted by atomic mass is 9.91. The number of ether oxygens (including phenoxy) is 1. The van der Waals surface area contributed by atoms with Gasteiger partial charge in [-0.1, -0.05) is 22.9 Å². The van der Waals surface area contributed by atoms with Crippen LogP contribution in [0.3, 0.4) is 0 Å². The summed E-state index contributed by atoms with van der Waals surface area (Å²) in [6.07, 6.45) is 0.819. The summed E-state index contributed by atoms with van der Waals surface area (Å²) in [5.41, 5.74) is 0.680. The highest BCUT2D eigenvalue weighted by atomic mass is 79.9. The number of benzene rings is 1. The smallest absolute Gasteiger partial charge is 0.123 e. The van der Waals surface area contributed by atoms with Crippen LogP contribution in [-0.4, -0.2) is 35.8 Å². The highest BCUT2D eigenvalue weighted by Gasteiger charge is 2.39. The van der Waals surface area contributed by atoms with Gasteiger partial charge in [0.1, 0.15) is 5.75 Å². The number of hydrogen-bond acceptors (Lipinski definition) is 3. The van der Waals surface area contributed by atoms with E-state index < -0.39 is 5.60 Å². The van der Waals surface area contributed by atoms with Crippen molar-refractivity contribution in [2.24, 2.45) is 0 Å². The Morgan fingerprint density at radius 2 is 2.18 bits per heavy atom. The van der Waals surface area contributed by atoms with E-state index in [-0.39, 0.29) is 0 Å². The predicted octanol–water partition coefficient (Wildman–Crippen LogP) is 2.41. The zero-order valence-electron chi connectivity index (χ0n) is 10.2. The van der Waals surface area contributed by atoms with Crippen molar-refractivity contribution in [3.63, 3.8) is 0 Å². The molecule has 1 fully saturated rings. The fraction of sp³-hybridized carbons (Fsp3) is 0.538. The molecule has 1 N–H and O–H groups in total. The molecule has 0 saturated carbocycles. The van der Waals surface area contributed by atoms with Gasteiger partial charge in [-0.3, -0.25) is 4.90 Å². The highest BCUT2D eigenvalue weighted by molar-refractivity contribution is 9.10. The van der Waals surface area contributed by atoms with E-state index in [1.165, 1.54) is 0 Å². The van der Waals surface area contributed by atoms with Crippen molar-refractivity contribution in [3.05, 3.63) is 28.2 Å². The van der Waals surface area contributed by atoms with Crippen LogP contribution in [0.5, 0.6) is 5.75 Å². The average molecular weight is 300 g/mol. The van der Waals surface area contributed by atoms with E-state index in [0.717, 1.165) is 41.8 Å². The second kappa shape index (κ2) is 4.96. The predicted molar refractivity (Wildman–Crippen MR) is 71.2 cm³/mol. The molecular weight excluding hydrogens is 282 g/mol. The summed E-state index contributed by atoms with van der Waals surface area (Å²) in [6, 6.07) is 6.01. The molecule has 1 aliphatic rings. The van der Waals surface area contributed by atoms with Gasteiger partial charge in [-0.25, -0.2) is 0 Å². The SMILES string of the molecule is CCC1(O)CN(Cc2cc(Br)ccc2OC)C1. The Morgan fingerprint density at radius 1 is 1.47 bits per heavy atom. The molecule has 0 atom stereocenters. The number of aliphatic hydroxyl groups is 1. The molecule has 2 rings (SSSR count). The fourth-order valence-electron chi connectivity index (χ4n) is 2.23. The van der Waals surface area contributed by atoms with Crippen molar-refractivity contribution in [3.8, 4) is 5.75 Å². The normalized spacial score (nSPS) is 18.8. The molecule has 1 heterocycles. The molecule has 0 unspecified atom stereocenters. The molecule has 3 nitrogen and oxygen atoms in total. The average Bonchev–Trinajstić information content (AvgIpc) is 2.27. The minimum Gasteiger partial charge on any atom is -0.496 e. The Morgan fingerprint density at radius 3 is 2.76 bits per heavy atom. The Labute approximate surface area is 111 Å². The summed E-state index contributed by atoms with van der Waals surface area (Å²) in [6.45, 7) is 4.35. The molecule has 0 amide bonds. The minimum atomic E-state index is -0.473. The summed E-state index contributed by atoms with van der Waals surface area (Å²) in [7, 11) is 1.69. The monoisotopic (exact) mass is 299 g/mol. The van der Waals surface area contributed by atoms with E-state index in [1.807, 2.05) is 19.1 Å². The lowest BCUT2D eigenvalue weighted by molar-refractivity contribution is -0.103. The van der Waals surface area contributed by atoms with Crippen molar-refractivity contribution in [1.29, 1.82) is 0 Å². The van der Waals surface area contributed by atoms with E-state index in [0.29, 0.717) is 0 Å². The maximum atomic E-state index is 9.97. The van der Waals surface area contributed by atoms with E-state index >= 15 is 0 Å². The standard InChI is InChI=1S/C13H18BrNO2/c1-3-13(16)8-15(9-13)7-10-6-11(14)4-5-12(10)17-2/h4-6,16H,3,7-9H2,1-2H3. The first kappa shape index (κ1) is 12.9. The molecule has 94 valence electrons. The maximum absolute atomic E-state index is 9.97. The Hall–Kier alpha value is -0.580. The van der Waals surface area contributed by atoms with E-state index in [9.17, 15) is 5.11 Å². The highest BCUT2D eigenvalue weighted by Crippen LogP contribution is 2.29. The van der Waals surface area contributed by atoms with Gasteiger partial charge in [0.2, 0.25) is 0 Å². The van der Waals surface area contributed by atoms with Crippen molar-refractivity contribution in [1.82, 2.24) is 4.90 Å². The second-order valence-corrected chi connectivity index (χ2v) is 5.59. The van der Waals surface area contributed by atoms with Gasteiger partial charge in [0.15, 0.2) is 0 Å². The van der Waals surface area contributed by atoms with Crippen LogP contribution in [0.1, 0.15) is 18.9 Å². The Kier molecular flexibility index (Phi) is 3.76. The summed E-state index contributed by atoms with van der Waals surface area (Å²) < 4.78 is 6.39. The molecule has 17 heavy (non-hydrogen) atoms. The molecule has 4 heteroatoms. The maximum Gasteiger partial charge on any atom is 0.123 e.